The molecule has 0 aliphatic carbocycles. The van der Waals surface area contributed by atoms with Gasteiger partial charge >= 0.3 is 5.97 Å². The topological polar surface area (TPSA) is 81.8 Å². The lowest BCUT2D eigenvalue weighted by Gasteiger charge is -2.18. The van der Waals surface area contributed by atoms with E-state index in [0.29, 0.717) is 47.3 Å². The summed E-state index contributed by atoms with van der Waals surface area (Å²) in [4.78, 5) is 15.7. The maximum atomic E-state index is 11.3. The van der Waals surface area contributed by atoms with Crippen molar-refractivity contribution in [3.05, 3.63) is 53.9 Å². The Hall–Kier alpha value is -3.28. The molecule has 1 N–H and O–H groups in total. The number of aliphatic carboxylic acids is 1. The van der Waals surface area contributed by atoms with Crippen molar-refractivity contribution in [3.8, 4) is 11.5 Å². The summed E-state index contributed by atoms with van der Waals surface area (Å²) in [7, 11) is 0. The van der Waals surface area contributed by atoms with Gasteiger partial charge in [-0.05, 0) is 35.9 Å². The standard InChI is InChI=1S/C19H15NO5/c21-18(22)11-13(19-20-14-3-1-2-4-15(14)25-19)9-12-5-6-16-17(10-12)24-8-7-23-16/h1-6,9-10H,7-8,11H2,(H,21,22)/b13-9+. The van der Waals surface area contributed by atoms with Gasteiger partial charge in [-0.15, -0.1) is 0 Å². The third-order valence-electron chi connectivity index (χ3n) is 3.82. The monoisotopic (exact) mass is 337 g/mol. The number of carboxylic acids is 1. The number of oxazole rings is 1. The van der Waals surface area contributed by atoms with Crippen LogP contribution in [0.2, 0.25) is 0 Å². The van der Waals surface area contributed by atoms with Gasteiger partial charge < -0.3 is 19.0 Å². The minimum absolute atomic E-state index is 0.193. The first-order valence-corrected chi connectivity index (χ1v) is 7.87. The molecule has 0 fully saturated rings. The number of rotatable bonds is 4. The molecule has 3 aromatic rings. The Labute approximate surface area is 143 Å². The quantitative estimate of drug-likeness (QED) is 0.783. The van der Waals surface area contributed by atoms with E-state index in [-0.39, 0.29) is 6.42 Å². The smallest absolute Gasteiger partial charge is 0.308 e. The molecule has 0 unspecified atom stereocenters. The number of carbonyl (C=O) groups is 1. The second kappa shape index (κ2) is 6.32. The van der Waals surface area contributed by atoms with E-state index in [1.54, 1.807) is 12.1 Å². The van der Waals surface area contributed by atoms with Gasteiger partial charge in [0.2, 0.25) is 5.89 Å². The molecule has 1 aliphatic rings. The van der Waals surface area contributed by atoms with Crippen molar-refractivity contribution in [2.75, 3.05) is 13.2 Å². The summed E-state index contributed by atoms with van der Waals surface area (Å²) in [6, 6.07) is 12.8. The Kier molecular flexibility index (Phi) is 3.85. The molecule has 0 saturated heterocycles. The summed E-state index contributed by atoms with van der Waals surface area (Å²) in [5.41, 5.74) is 2.59. The van der Waals surface area contributed by atoms with Gasteiger partial charge in [0.25, 0.3) is 0 Å². The summed E-state index contributed by atoms with van der Waals surface area (Å²) in [6.45, 7) is 1.02. The highest BCUT2D eigenvalue weighted by atomic mass is 16.6. The summed E-state index contributed by atoms with van der Waals surface area (Å²) < 4.78 is 16.8. The van der Waals surface area contributed by atoms with E-state index in [1.807, 2.05) is 36.4 Å². The predicted molar refractivity (Wildman–Crippen MR) is 91.6 cm³/mol. The van der Waals surface area contributed by atoms with Crippen LogP contribution in [0.4, 0.5) is 0 Å². The van der Waals surface area contributed by atoms with Crippen molar-refractivity contribution in [3.63, 3.8) is 0 Å². The number of carboxylic acid groups (broad SMARTS) is 1. The first-order valence-electron chi connectivity index (χ1n) is 7.87. The molecule has 2 heterocycles. The van der Waals surface area contributed by atoms with Crippen molar-refractivity contribution < 1.29 is 23.8 Å². The van der Waals surface area contributed by atoms with Crippen LogP contribution in [0.5, 0.6) is 11.5 Å². The molecule has 0 spiro atoms. The van der Waals surface area contributed by atoms with Crippen LogP contribution in [0.1, 0.15) is 17.9 Å². The van der Waals surface area contributed by atoms with Crippen molar-refractivity contribution in [1.82, 2.24) is 4.98 Å². The van der Waals surface area contributed by atoms with Crippen LogP contribution < -0.4 is 9.47 Å². The molecule has 25 heavy (non-hydrogen) atoms. The maximum Gasteiger partial charge on any atom is 0.308 e. The number of nitrogens with zero attached hydrogens (tertiary/aromatic N) is 1. The number of hydrogen-bond donors (Lipinski definition) is 1. The highest BCUT2D eigenvalue weighted by Gasteiger charge is 2.16. The van der Waals surface area contributed by atoms with Gasteiger partial charge in [0, 0.05) is 5.57 Å². The van der Waals surface area contributed by atoms with Crippen LogP contribution in [0.15, 0.2) is 46.9 Å². The van der Waals surface area contributed by atoms with E-state index >= 15 is 0 Å². The molecule has 4 rings (SSSR count). The van der Waals surface area contributed by atoms with E-state index in [4.69, 9.17) is 13.9 Å². The van der Waals surface area contributed by atoms with Gasteiger partial charge in [-0.1, -0.05) is 18.2 Å². The van der Waals surface area contributed by atoms with E-state index in [0.717, 1.165) is 5.56 Å². The molecule has 126 valence electrons. The molecule has 0 bridgehead atoms. The molecule has 0 amide bonds. The fourth-order valence-corrected chi connectivity index (χ4v) is 2.71. The molecule has 6 nitrogen and oxygen atoms in total. The molecule has 0 atom stereocenters. The van der Waals surface area contributed by atoms with Gasteiger partial charge in [0.15, 0.2) is 17.1 Å². The van der Waals surface area contributed by atoms with Crippen LogP contribution in [0.25, 0.3) is 22.7 Å². The van der Waals surface area contributed by atoms with Gasteiger partial charge in [-0.2, -0.15) is 0 Å². The second-order valence-corrected chi connectivity index (χ2v) is 5.63. The number of aromatic nitrogens is 1. The SMILES string of the molecule is O=C(O)C/C(=C\c1ccc2c(c1)OCCO2)c1nc2ccccc2o1. The van der Waals surface area contributed by atoms with Crippen LogP contribution in [0, 0.1) is 0 Å². The molecule has 0 radical (unpaired) electrons. The molecule has 1 aromatic heterocycles. The third-order valence-corrected chi connectivity index (χ3v) is 3.82. The van der Waals surface area contributed by atoms with Crippen molar-refractivity contribution >= 4 is 28.7 Å². The zero-order chi connectivity index (χ0) is 17.2. The first-order chi connectivity index (χ1) is 12.2. The van der Waals surface area contributed by atoms with Gasteiger partial charge in [0.05, 0.1) is 6.42 Å². The molecular weight excluding hydrogens is 322 g/mol. The van der Waals surface area contributed by atoms with E-state index in [2.05, 4.69) is 4.98 Å². The van der Waals surface area contributed by atoms with E-state index in [1.165, 1.54) is 0 Å². The molecule has 1 aliphatic heterocycles. The lowest BCUT2D eigenvalue weighted by molar-refractivity contribution is -0.135. The zero-order valence-corrected chi connectivity index (χ0v) is 13.3. The average Bonchev–Trinajstić information content (AvgIpc) is 3.05. The Bertz CT molecular complexity index is 940. The number of ether oxygens (including phenoxy) is 2. The molecule has 2 aromatic carbocycles. The Morgan fingerprint density at radius 2 is 1.92 bits per heavy atom. The predicted octanol–water partition coefficient (Wildman–Crippen LogP) is 3.61. The minimum Gasteiger partial charge on any atom is -0.486 e. The van der Waals surface area contributed by atoms with Crippen molar-refractivity contribution in [2.24, 2.45) is 0 Å². The maximum absolute atomic E-state index is 11.3. The fraction of sp³-hybridized carbons (Fsp3) is 0.158. The van der Waals surface area contributed by atoms with Gasteiger partial charge in [0.1, 0.15) is 18.7 Å². The Morgan fingerprint density at radius 1 is 1.12 bits per heavy atom. The van der Waals surface area contributed by atoms with Crippen LogP contribution in [0.3, 0.4) is 0 Å². The summed E-state index contributed by atoms with van der Waals surface area (Å²) in [5, 5.41) is 9.24. The van der Waals surface area contributed by atoms with Gasteiger partial charge in [-0.3, -0.25) is 4.79 Å². The van der Waals surface area contributed by atoms with E-state index in [9.17, 15) is 9.90 Å². The fourth-order valence-electron chi connectivity index (χ4n) is 2.71. The molecule has 0 saturated carbocycles. The molecule has 6 heteroatoms. The van der Waals surface area contributed by atoms with Crippen LogP contribution in [-0.4, -0.2) is 29.3 Å². The molecular formula is C19H15NO5. The second-order valence-electron chi connectivity index (χ2n) is 5.63. The number of fused-ring (bicyclic) bond motifs is 2. The third kappa shape index (κ3) is 3.19. The Balaban J connectivity index is 1.75. The number of hydrogen-bond acceptors (Lipinski definition) is 5. The van der Waals surface area contributed by atoms with Crippen molar-refractivity contribution in [2.45, 2.75) is 6.42 Å². The zero-order valence-electron chi connectivity index (χ0n) is 13.3. The first kappa shape index (κ1) is 15.3. The largest absolute Gasteiger partial charge is 0.486 e. The normalized spacial score (nSPS) is 13.8. The Morgan fingerprint density at radius 3 is 2.72 bits per heavy atom. The lowest BCUT2D eigenvalue weighted by atomic mass is 10.1. The van der Waals surface area contributed by atoms with Crippen molar-refractivity contribution in [1.29, 1.82) is 0 Å². The number of benzene rings is 2. The highest BCUT2D eigenvalue weighted by Crippen LogP contribution is 2.33. The minimum atomic E-state index is -0.953. The van der Waals surface area contributed by atoms with Gasteiger partial charge in [-0.25, -0.2) is 4.98 Å². The highest BCUT2D eigenvalue weighted by molar-refractivity contribution is 5.91. The lowest BCUT2D eigenvalue weighted by Crippen LogP contribution is -2.15. The van der Waals surface area contributed by atoms with Crippen LogP contribution >= 0.6 is 0 Å². The summed E-state index contributed by atoms with van der Waals surface area (Å²) >= 11 is 0. The average molecular weight is 337 g/mol. The van der Waals surface area contributed by atoms with Crippen LogP contribution in [-0.2, 0) is 4.79 Å². The van der Waals surface area contributed by atoms with E-state index < -0.39 is 5.97 Å². The summed E-state index contributed by atoms with van der Waals surface area (Å²) in [6.07, 6.45) is 1.55. The summed E-state index contributed by atoms with van der Waals surface area (Å²) in [5.74, 6) is 0.682. The number of para-hydroxylation sites is 2.